The van der Waals surface area contributed by atoms with Gasteiger partial charge >= 0.3 is 0 Å². The molecule has 0 aliphatic carbocycles. The lowest BCUT2D eigenvalue weighted by Gasteiger charge is -2.14. The van der Waals surface area contributed by atoms with Crippen LogP contribution in [0.25, 0.3) is 0 Å². The fourth-order valence-corrected chi connectivity index (χ4v) is 1.95. The molecule has 1 aliphatic heterocycles. The minimum absolute atomic E-state index is 0.546. The third-order valence-corrected chi connectivity index (χ3v) is 2.95. The molecule has 2 rings (SSSR count). The molecule has 0 radical (unpaired) electrons. The van der Waals surface area contributed by atoms with Crippen LogP contribution >= 0.6 is 0 Å². The highest BCUT2D eigenvalue weighted by Crippen LogP contribution is 2.19. The molecule has 2 nitrogen and oxygen atoms in total. The smallest absolute Gasteiger partial charge is 0.122 e. The number of hydrogen-bond donors (Lipinski definition) is 1. The van der Waals surface area contributed by atoms with Gasteiger partial charge in [0.15, 0.2) is 0 Å². The van der Waals surface area contributed by atoms with Gasteiger partial charge in [-0.05, 0) is 50.4 Å². The van der Waals surface area contributed by atoms with Crippen molar-refractivity contribution in [2.75, 3.05) is 13.2 Å². The Balaban J connectivity index is 1.94. The van der Waals surface area contributed by atoms with Crippen molar-refractivity contribution in [1.29, 1.82) is 0 Å². The Morgan fingerprint density at radius 2 is 2.27 bits per heavy atom. The van der Waals surface area contributed by atoms with Gasteiger partial charge in [-0.2, -0.15) is 0 Å². The molecule has 82 valence electrons. The van der Waals surface area contributed by atoms with Crippen molar-refractivity contribution in [2.45, 2.75) is 32.7 Å². The fraction of sp³-hybridized carbons (Fsp3) is 0.538. The van der Waals surface area contributed by atoms with Crippen molar-refractivity contribution in [3.05, 3.63) is 29.3 Å². The molecular weight excluding hydrogens is 186 g/mol. The zero-order valence-electron chi connectivity index (χ0n) is 9.55. The fourth-order valence-electron chi connectivity index (χ4n) is 1.95. The molecule has 1 unspecified atom stereocenters. The van der Waals surface area contributed by atoms with Gasteiger partial charge in [0, 0.05) is 6.04 Å². The lowest BCUT2D eigenvalue weighted by molar-refractivity contribution is 0.275. The van der Waals surface area contributed by atoms with Crippen LogP contribution in [0.4, 0.5) is 0 Å². The summed E-state index contributed by atoms with van der Waals surface area (Å²) in [6.45, 7) is 6.13. The maximum Gasteiger partial charge on any atom is 0.122 e. The summed E-state index contributed by atoms with van der Waals surface area (Å²) in [6, 6.07) is 6.90. The summed E-state index contributed by atoms with van der Waals surface area (Å²) >= 11 is 0. The van der Waals surface area contributed by atoms with Crippen LogP contribution in [0.15, 0.2) is 18.2 Å². The van der Waals surface area contributed by atoms with Crippen molar-refractivity contribution in [3.8, 4) is 5.75 Å². The topological polar surface area (TPSA) is 21.3 Å². The maximum absolute atomic E-state index is 5.84. The number of ether oxygens (including phenoxy) is 1. The first-order chi connectivity index (χ1) is 7.25. The highest BCUT2D eigenvalue weighted by Gasteiger charge is 2.14. The summed E-state index contributed by atoms with van der Waals surface area (Å²) in [5.41, 5.74) is 2.48. The van der Waals surface area contributed by atoms with E-state index in [0.29, 0.717) is 6.04 Å². The minimum atomic E-state index is 0.546. The van der Waals surface area contributed by atoms with Gasteiger partial charge in [-0.15, -0.1) is 0 Å². The Hall–Kier alpha value is -1.02. The summed E-state index contributed by atoms with van der Waals surface area (Å²) in [6.07, 6.45) is 2.52. The third-order valence-electron chi connectivity index (χ3n) is 2.95. The second kappa shape index (κ2) is 4.67. The Kier molecular flexibility index (Phi) is 3.27. The van der Waals surface area contributed by atoms with Crippen LogP contribution in [-0.4, -0.2) is 19.2 Å². The van der Waals surface area contributed by atoms with Crippen molar-refractivity contribution in [3.63, 3.8) is 0 Å². The monoisotopic (exact) mass is 205 g/mol. The van der Waals surface area contributed by atoms with Gasteiger partial charge in [-0.1, -0.05) is 12.1 Å². The number of nitrogens with one attached hydrogen (secondary N) is 1. The molecule has 1 atom stereocenters. The van der Waals surface area contributed by atoms with Gasteiger partial charge in [0.25, 0.3) is 0 Å². The van der Waals surface area contributed by atoms with Gasteiger partial charge in [-0.25, -0.2) is 0 Å². The molecule has 0 amide bonds. The van der Waals surface area contributed by atoms with E-state index in [2.05, 4.69) is 37.4 Å². The van der Waals surface area contributed by atoms with E-state index < -0.39 is 0 Å². The molecule has 1 fully saturated rings. The lowest BCUT2D eigenvalue weighted by atomic mass is 10.1. The van der Waals surface area contributed by atoms with Crippen LogP contribution in [-0.2, 0) is 0 Å². The maximum atomic E-state index is 5.84. The molecule has 2 heteroatoms. The zero-order chi connectivity index (χ0) is 10.7. The van der Waals surface area contributed by atoms with E-state index in [1.807, 2.05) is 0 Å². The van der Waals surface area contributed by atoms with E-state index >= 15 is 0 Å². The number of hydrogen-bond acceptors (Lipinski definition) is 2. The molecule has 1 N–H and O–H groups in total. The first-order valence-electron chi connectivity index (χ1n) is 5.69. The average molecular weight is 205 g/mol. The molecule has 1 saturated heterocycles. The highest BCUT2D eigenvalue weighted by molar-refractivity contribution is 5.35. The summed E-state index contributed by atoms with van der Waals surface area (Å²) in [5, 5.41) is 3.44. The Morgan fingerprint density at radius 1 is 1.40 bits per heavy atom. The summed E-state index contributed by atoms with van der Waals surface area (Å²) < 4.78 is 5.84. The summed E-state index contributed by atoms with van der Waals surface area (Å²) in [7, 11) is 0. The molecule has 1 aromatic carbocycles. The van der Waals surface area contributed by atoms with Crippen molar-refractivity contribution >= 4 is 0 Å². The largest absolute Gasteiger partial charge is 0.492 e. The van der Waals surface area contributed by atoms with E-state index in [4.69, 9.17) is 4.74 Å². The van der Waals surface area contributed by atoms with Crippen LogP contribution in [0.3, 0.4) is 0 Å². The Labute approximate surface area is 91.6 Å². The number of aryl methyl sites for hydroxylation is 2. The van der Waals surface area contributed by atoms with Gasteiger partial charge in [0.05, 0.1) is 0 Å². The van der Waals surface area contributed by atoms with Crippen molar-refractivity contribution < 1.29 is 4.74 Å². The summed E-state index contributed by atoms with van der Waals surface area (Å²) in [5.74, 6) is 1.03. The van der Waals surface area contributed by atoms with Gasteiger partial charge in [0.2, 0.25) is 0 Å². The molecule has 0 bridgehead atoms. The SMILES string of the molecule is Cc1ccc(C)c(OCC2CCCN2)c1. The van der Waals surface area contributed by atoms with E-state index in [9.17, 15) is 0 Å². The predicted octanol–water partition coefficient (Wildman–Crippen LogP) is 2.43. The average Bonchev–Trinajstić information content (AvgIpc) is 2.72. The second-order valence-corrected chi connectivity index (χ2v) is 4.37. The predicted molar refractivity (Wildman–Crippen MR) is 62.4 cm³/mol. The molecule has 0 saturated carbocycles. The van der Waals surface area contributed by atoms with Crippen LogP contribution < -0.4 is 10.1 Å². The highest BCUT2D eigenvalue weighted by atomic mass is 16.5. The van der Waals surface area contributed by atoms with Crippen LogP contribution in [0, 0.1) is 13.8 Å². The molecule has 1 heterocycles. The summed E-state index contributed by atoms with van der Waals surface area (Å²) in [4.78, 5) is 0. The van der Waals surface area contributed by atoms with E-state index in [1.54, 1.807) is 0 Å². The van der Waals surface area contributed by atoms with Gasteiger partial charge in [-0.3, -0.25) is 0 Å². The van der Waals surface area contributed by atoms with Gasteiger partial charge < -0.3 is 10.1 Å². The normalized spacial score (nSPS) is 20.5. The Bertz CT molecular complexity index is 329. The lowest BCUT2D eigenvalue weighted by Crippen LogP contribution is -2.28. The number of rotatable bonds is 3. The molecule has 0 spiro atoms. The van der Waals surface area contributed by atoms with Crippen LogP contribution in [0.1, 0.15) is 24.0 Å². The van der Waals surface area contributed by atoms with Crippen LogP contribution in [0.2, 0.25) is 0 Å². The Morgan fingerprint density at radius 3 is 3.00 bits per heavy atom. The quantitative estimate of drug-likeness (QED) is 0.818. The zero-order valence-corrected chi connectivity index (χ0v) is 9.55. The molecular formula is C13H19NO. The first-order valence-corrected chi connectivity index (χ1v) is 5.69. The van der Waals surface area contributed by atoms with E-state index in [-0.39, 0.29) is 0 Å². The minimum Gasteiger partial charge on any atom is -0.492 e. The standard InChI is InChI=1S/C13H19NO/c1-10-5-6-11(2)13(8-10)15-9-12-4-3-7-14-12/h5-6,8,12,14H,3-4,7,9H2,1-2H3. The molecule has 1 aliphatic rings. The second-order valence-electron chi connectivity index (χ2n) is 4.37. The van der Waals surface area contributed by atoms with E-state index in [1.165, 1.54) is 24.0 Å². The molecule has 0 aromatic heterocycles. The van der Waals surface area contributed by atoms with Crippen molar-refractivity contribution in [2.24, 2.45) is 0 Å². The molecule has 1 aromatic rings. The third kappa shape index (κ3) is 2.72. The number of benzene rings is 1. The molecule has 15 heavy (non-hydrogen) atoms. The van der Waals surface area contributed by atoms with Crippen molar-refractivity contribution in [1.82, 2.24) is 5.32 Å². The first kappa shape index (κ1) is 10.5. The van der Waals surface area contributed by atoms with Gasteiger partial charge in [0.1, 0.15) is 12.4 Å². The van der Waals surface area contributed by atoms with Crippen LogP contribution in [0.5, 0.6) is 5.75 Å². The van der Waals surface area contributed by atoms with E-state index in [0.717, 1.165) is 18.9 Å².